The zero-order valence-corrected chi connectivity index (χ0v) is 10.8. The van der Waals surface area contributed by atoms with Crippen LogP contribution in [0.2, 0.25) is 5.02 Å². The Balaban J connectivity index is 2.22. The Hall–Kier alpha value is -1.75. The highest BCUT2D eigenvalue weighted by Crippen LogP contribution is 2.20. The highest BCUT2D eigenvalue weighted by Gasteiger charge is 2.15. The second-order valence-corrected chi connectivity index (χ2v) is 4.49. The summed E-state index contributed by atoms with van der Waals surface area (Å²) < 4.78 is 39.3. The predicted octanol–water partition coefficient (Wildman–Crippen LogP) is 3.79. The van der Waals surface area contributed by atoms with Crippen molar-refractivity contribution in [3.63, 3.8) is 0 Å². The Morgan fingerprint density at radius 3 is 2.37 bits per heavy atom. The molecule has 0 aliphatic carbocycles. The molecule has 0 saturated heterocycles. The Bertz CT molecular complexity index is 587. The molecule has 2 nitrogen and oxygen atoms in total. The van der Waals surface area contributed by atoms with Gasteiger partial charge in [0.1, 0.15) is 0 Å². The average molecular weight is 287 g/mol. The first-order chi connectivity index (χ1) is 8.97. The fraction of sp³-hybridized carbons (Fsp3) is 0.154. The van der Waals surface area contributed by atoms with E-state index in [2.05, 4.69) is 4.98 Å². The van der Waals surface area contributed by atoms with Crippen molar-refractivity contribution in [2.24, 2.45) is 0 Å². The largest absolute Gasteiger partial charge is 0.353 e. The summed E-state index contributed by atoms with van der Waals surface area (Å²) in [5, 5.41) is 0.587. The smallest absolute Gasteiger partial charge is 0.251 e. The summed E-state index contributed by atoms with van der Waals surface area (Å²) in [4.78, 5) is 4.66. The van der Waals surface area contributed by atoms with Crippen molar-refractivity contribution in [3.05, 3.63) is 58.5 Å². The number of pyridine rings is 1. The topological polar surface area (TPSA) is 16.1 Å². The first-order valence-electron chi connectivity index (χ1n) is 5.44. The van der Waals surface area contributed by atoms with Crippen LogP contribution >= 0.6 is 11.6 Å². The zero-order valence-electron chi connectivity index (χ0n) is 10.0. The molecule has 19 heavy (non-hydrogen) atoms. The molecule has 0 bridgehead atoms. The van der Waals surface area contributed by atoms with Crippen LogP contribution in [0.15, 0.2) is 30.3 Å². The quantitative estimate of drug-likeness (QED) is 0.798. The maximum atomic E-state index is 13.5. The van der Waals surface area contributed by atoms with Crippen molar-refractivity contribution in [3.8, 4) is 0 Å². The van der Waals surface area contributed by atoms with Crippen LogP contribution in [0.3, 0.4) is 0 Å². The third-order valence-corrected chi connectivity index (χ3v) is 2.81. The molecule has 0 atom stereocenters. The molecule has 0 radical (unpaired) electrons. The molecule has 0 aliphatic heterocycles. The fourth-order valence-corrected chi connectivity index (χ4v) is 1.77. The molecule has 0 unspecified atom stereocenters. The van der Waals surface area contributed by atoms with Crippen LogP contribution in [0.4, 0.5) is 19.0 Å². The SMILES string of the molecule is CN(Cc1ccc(Cl)cc1)c1nc(F)c(F)cc1F. The van der Waals surface area contributed by atoms with Gasteiger partial charge < -0.3 is 4.90 Å². The van der Waals surface area contributed by atoms with E-state index in [-0.39, 0.29) is 5.82 Å². The third kappa shape index (κ3) is 3.17. The van der Waals surface area contributed by atoms with Crippen molar-refractivity contribution >= 4 is 17.4 Å². The minimum atomic E-state index is -1.32. The van der Waals surface area contributed by atoms with Crippen LogP contribution in [-0.2, 0) is 6.54 Å². The minimum Gasteiger partial charge on any atom is -0.353 e. The number of aromatic nitrogens is 1. The number of anilines is 1. The molecule has 0 saturated carbocycles. The summed E-state index contributed by atoms with van der Waals surface area (Å²) in [6.07, 6.45) is 0. The van der Waals surface area contributed by atoms with Crippen molar-refractivity contribution in [2.45, 2.75) is 6.54 Å². The molecule has 2 rings (SSSR count). The van der Waals surface area contributed by atoms with Gasteiger partial charge >= 0.3 is 0 Å². The van der Waals surface area contributed by atoms with Crippen LogP contribution in [0.1, 0.15) is 5.56 Å². The van der Waals surface area contributed by atoms with E-state index in [0.717, 1.165) is 5.56 Å². The number of nitrogens with zero attached hydrogens (tertiary/aromatic N) is 2. The lowest BCUT2D eigenvalue weighted by Crippen LogP contribution is -2.20. The van der Waals surface area contributed by atoms with Crippen molar-refractivity contribution in [1.29, 1.82) is 0 Å². The first-order valence-corrected chi connectivity index (χ1v) is 5.82. The maximum absolute atomic E-state index is 13.5. The van der Waals surface area contributed by atoms with Crippen molar-refractivity contribution < 1.29 is 13.2 Å². The second-order valence-electron chi connectivity index (χ2n) is 4.05. The van der Waals surface area contributed by atoms with Gasteiger partial charge in [-0.3, -0.25) is 0 Å². The maximum Gasteiger partial charge on any atom is 0.251 e. The minimum absolute atomic E-state index is 0.242. The highest BCUT2D eigenvalue weighted by atomic mass is 35.5. The number of benzene rings is 1. The predicted molar refractivity (Wildman–Crippen MR) is 67.7 cm³/mol. The van der Waals surface area contributed by atoms with Gasteiger partial charge in [-0.05, 0) is 17.7 Å². The fourth-order valence-electron chi connectivity index (χ4n) is 1.64. The van der Waals surface area contributed by atoms with Crippen molar-refractivity contribution in [2.75, 3.05) is 11.9 Å². The lowest BCUT2D eigenvalue weighted by Gasteiger charge is -2.18. The molecule has 0 spiro atoms. The molecule has 0 aliphatic rings. The molecule has 6 heteroatoms. The first kappa shape index (κ1) is 13.7. The summed E-state index contributed by atoms with van der Waals surface area (Å²) >= 11 is 5.75. The molecule has 1 aromatic carbocycles. The summed E-state index contributed by atoms with van der Waals surface area (Å²) in [5.74, 6) is -3.77. The van der Waals surface area contributed by atoms with E-state index in [9.17, 15) is 13.2 Å². The van der Waals surface area contributed by atoms with E-state index in [1.807, 2.05) is 0 Å². The van der Waals surface area contributed by atoms with E-state index >= 15 is 0 Å². The van der Waals surface area contributed by atoms with Gasteiger partial charge in [0.25, 0.3) is 5.95 Å². The van der Waals surface area contributed by atoms with Gasteiger partial charge in [0.2, 0.25) is 0 Å². The molecular weight excluding hydrogens is 277 g/mol. The van der Waals surface area contributed by atoms with Gasteiger partial charge in [0, 0.05) is 24.7 Å². The van der Waals surface area contributed by atoms with E-state index < -0.39 is 17.6 Å². The summed E-state index contributed by atoms with van der Waals surface area (Å²) in [6, 6.07) is 7.39. The van der Waals surface area contributed by atoms with E-state index in [0.29, 0.717) is 17.6 Å². The normalized spacial score (nSPS) is 10.6. The van der Waals surface area contributed by atoms with Crippen LogP contribution in [0.25, 0.3) is 0 Å². The number of hydrogen-bond acceptors (Lipinski definition) is 2. The van der Waals surface area contributed by atoms with Gasteiger partial charge in [-0.2, -0.15) is 9.37 Å². The Morgan fingerprint density at radius 2 is 1.74 bits per heavy atom. The number of rotatable bonds is 3. The Morgan fingerprint density at radius 1 is 1.11 bits per heavy atom. The monoisotopic (exact) mass is 286 g/mol. The van der Waals surface area contributed by atoms with Crippen LogP contribution in [0, 0.1) is 17.6 Å². The van der Waals surface area contributed by atoms with Crippen LogP contribution in [-0.4, -0.2) is 12.0 Å². The van der Waals surface area contributed by atoms with Gasteiger partial charge in [-0.1, -0.05) is 23.7 Å². The molecule has 2 aromatic rings. The molecule has 0 amide bonds. The van der Waals surface area contributed by atoms with Crippen LogP contribution < -0.4 is 4.90 Å². The molecule has 100 valence electrons. The van der Waals surface area contributed by atoms with Gasteiger partial charge in [-0.15, -0.1) is 0 Å². The zero-order chi connectivity index (χ0) is 14.0. The van der Waals surface area contributed by atoms with Gasteiger partial charge in [0.15, 0.2) is 17.5 Å². The van der Waals surface area contributed by atoms with Gasteiger partial charge in [0.05, 0.1) is 0 Å². The standard InChI is InChI=1S/C13H10ClF3N2/c1-19(7-8-2-4-9(14)5-3-8)13-11(16)6-10(15)12(17)18-13/h2-6H,7H2,1H3. The lowest BCUT2D eigenvalue weighted by atomic mass is 10.2. The number of halogens is 4. The second kappa shape index (κ2) is 5.48. The van der Waals surface area contributed by atoms with Gasteiger partial charge in [-0.25, -0.2) is 8.78 Å². The summed E-state index contributed by atoms with van der Waals surface area (Å²) in [5.41, 5.74) is 0.845. The molecule has 0 fully saturated rings. The molecule has 1 aromatic heterocycles. The molecule has 1 heterocycles. The molecular formula is C13H10ClF3N2. The van der Waals surface area contributed by atoms with Crippen molar-refractivity contribution in [1.82, 2.24) is 4.98 Å². The number of hydrogen-bond donors (Lipinski definition) is 0. The van der Waals surface area contributed by atoms with E-state index in [1.165, 1.54) is 11.9 Å². The average Bonchev–Trinajstić information content (AvgIpc) is 2.36. The lowest BCUT2D eigenvalue weighted by molar-refractivity contribution is 0.463. The Labute approximate surface area is 113 Å². The summed E-state index contributed by atoms with van der Waals surface area (Å²) in [6.45, 7) is 0.298. The van der Waals surface area contributed by atoms with Crippen LogP contribution in [0.5, 0.6) is 0 Å². The summed E-state index contributed by atoms with van der Waals surface area (Å²) in [7, 11) is 1.54. The highest BCUT2D eigenvalue weighted by molar-refractivity contribution is 6.30. The third-order valence-electron chi connectivity index (χ3n) is 2.56. The van der Waals surface area contributed by atoms with E-state index in [4.69, 9.17) is 11.6 Å². The Kier molecular flexibility index (Phi) is 3.95. The molecule has 0 N–H and O–H groups in total. The van der Waals surface area contributed by atoms with E-state index in [1.54, 1.807) is 24.3 Å².